The molecule has 1 amide bonds. The van der Waals surface area contributed by atoms with Crippen LogP contribution in [0, 0.1) is 10.1 Å². The number of nitro benzene ring substituents is 1. The number of carbonyl (C=O) groups is 1. The first-order chi connectivity index (χ1) is 8.49. The first-order valence-electron chi connectivity index (χ1n) is 5.79. The van der Waals surface area contributed by atoms with Crippen molar-refractivity contribution in [3.05, 3.63) is 39.9 Å². The van der Waals surface area contributed by atoms with Crippen molar-refractivity contribution in [1.29, 1.82) is 0 Å². The van der Waals surface area contributed by atoms with Crippen LogP contribution < -0.4 is 11.1 Å². The second-order valence-corrected chi connectivity index (χ2v) is 4.59. The predicted molar refractivity (Wildman–Crippen MR) is 66.0 cm³/mol. The topological polar surface area (TPSA) is 98.3 Å². The second kappa shape index (κ2) is 4.73. The molecule has 0 radical (unpaired) electrons. The van der Waals surface area contributed by atoms with E-state index in [0.717, 1.165) is 6.42 Å². The number of benzene rings is 1. The number of nitrogens with two attached hydrogens (primary N) is 1. The van der Waals surface area contributed by atoms with Gasteiger partial charge in [0.2, 0.25) is 5.91 Å². The molecule has 1 aliphatic rings. The minimum absolute atomic E-state index is 0.00438. The molecular weight excluding hydrogens is 234 g/mol. The number of rotatable bonds is 4. The van der Waals surface area contributed by atoms with Crippen molar-refractivity contribution in [2.45, 2.75) is 31.3 Å². The normalized spacial score (nSPS) is 23.2. The van der Waals surface area contributed by atoms with Gasteiger partial charge in [0.05, 0.1) is 10.8 Å². The lowest BCUT2D eigenvalue weighted by Crippen LogP contribution is -2.32. The molecule has 0 heterocycles. The van der Waals surface area contributed by atoms with Gasteiger partial charge in [0.25, 0.3) is 5.69 Å². The van der Waals surface area contributed by atoms with Crippen LogP contribution in [0.4, 0.5) is 5.69 Å². The van der Waals surface area contributed by atoms with Crippen LogP contribution >= 0.6 is 0 Å². The summed E-state index contributed by atoms with van der Waals surface area (Å²) in [6.07, 6.45) is 0.799. The van der Waals surface area contributed by atoms with E-state index in [1.54, 1.807) is 19.1 Å². The number of nitro groups is 1. The molecule has 1 aromatic carbocycles. The van der Waals surface area contributed by atoms with E-state index < -0.39 is 10.8 Å². The second-order valence-electron chi connectivity index (χ2n) is 4.59. The van der Waals surface area contributed by atoms with Crippen molar-refractivity contribution in [2.75, 3.05) is 0 Å². The molecule has 6 nitrogen and oxygen atoms in total. The highest BCUT2D eigenvalue weighted by Crippen LogP contribution is 2.23. The lowest BCUT2D eigenvalue weighted by Gasteiger charge is -2.12. The number of nitrogens with zero attached hydrogens (tertiary/aromatic N) is 1. The summed E-state index contributed by atoms with van der Waals surface area (Å²) in [5.41, 5.74) is 6.24. The summed E-state index contributed by atoms with van der Waals surface area (Å²) in [7, 11) is 0. The van der Waals surface area contributed by atoms with Crippen molar-refractivity contribution in [3.63, 3.8) is 0 Å². The van der Waals surface area contributed by atoms with Crippen LogP contribution in [-0.4, -0.2) is 22.9 Å². The Morgan fingerprint density at radius 1 is 1.61 bits per heavy atom. The van der Waals surface area contributed by atoms with Gasteiger partial charge in [-0.1, -0.05) is 12.1 Å². The van der Waals surface area contributed by atoms with Gasteiger partial charge in [-0.15, -0.1) is 0 Å². The Bertz CT molecular complexity index is 489. The number of non-ortho nitro benzene ring substituents is 1. The third-order valence-corrected chi connectivity index (χ3v) is 3.14. The average Bonchev–Trinajstić information content (AvgIpc) is 3.04. The molecular formula is C12H15N3O3. The van der Waals surface area contributed by atoms with Crippen molar-refractivity contribution in [2.24, 2.45) is 5.73 Å². The Labute approximate surface area is 104 Å². The molecule has 2 rings (SSSR count). The smallest absolute Gasteiger partial charge is 0.269 e. The number of hydrogen-bond acceptors (Lipinski definition) is 4. The summed E-state index contributed by atoms with van der Waals surface area (Å²) >= 11 is 0. The summed E-state index contributed by atoms with van der Waals surface area (Å²) in [4.78, 5) is 22.1. The Kier molecular flexibility index (Phi) is 3.29. The molecule has 96 valence electrons. The van der Waals surface area contributed by atoms with Crippen LogP contribution in [0.3, 0.4) is 0 Å². The summed E-state index contributed by atoms with van der Waals surface area (Å²) < 4.78 is 0. The van der Waals surface area contributed by atoms with Crippen LogP contribution in [0.2, 0.25) is 0 Å². The molecule has 0 bridgehead atoms. The summed E-state index contributed by atoms with van der Waals surface area (Å²) in [5.74, 6) is -0.564. The molecule has 0 aliphatic heterocycles. The summed E-state index contributed by atoms with van der Waals surface area (Å²) in [5, 5.41) is 13.5. The number of nitrogens with one attached hydrogen (secondary N) is 1. The Morgan fingerprint density at radius 3 is 2.83 bits per heavy atom. The van der Waals surface area contributed by atoms with Gasteiger partial charge >= 0.3 is 0 Å². The molecule has 0 aromatic heterocycles. The van der Waals surface area contributed by atoms with Crippen molar-refractivity contribution in [1.82, 2.24) is 5.32 Å². The fourth-order valence-electron chi connectivity index (χ4n) is 1.75. The minimum atomic E-state index is -0.467. The molecule has 1 fully saturated rings. The number of amides is 1. The van der Waals surface area contributed by atoms with E-state index >= 15 is 0 Å². The molecule has 6 heteroatoms. The lowest BCUT2D eigenvalue weighted by molar-refractivity contribution is -0.384. The van der Waals surface area contributed by atoms with Crippen LogP contribution in [0.15, 0.2) is 24.3 Å². The van der Waals surface area contributed by atoms with Gasteiger partial charge in [-0.3, -0.25) is 14.9 Å². The zero-order valence-corrected chi connectivity index (χ0v) is 10.00. The highest BCUT2D eigenvalue weighted by Gasteiger charge is 2.35. The largest absolute Gasteiger partial charge is 0.351 e. The molecule has 1 aliphatic carbocycles. The van der Waals surface area contributed by atoms with Gasteiger partial charge in [0, 0.05) is 24.2 Å². The minimum Gasteiger partial charge on any atom is -0.351 e. The van der Waals surface area contributed by atoms with Crippen LogP contribution in [-0.2, 0) is 4.79 Å². The first-order valence-corrected chi connectivity index (χ1v) is 5.79. The Balaban J connectivity index is 2.07. The van der Waals surface area contributed by atoms with Crippen molar-refractivity contribution in [3.8, 4) is 0 Å². The van der Waals surface area contributed by atoms with Gasteiger partial charge < -0.3 is 11.1 Å². The fourth-order valence-corrected chi connectivity index (χ4v) is 1.75. The zero-order chi connectivity index (χ0) is 13.3. The maximum absolute atomic E-state index is 11.9. The standard InChI is InChI=1S/C12H15N3O3/c1-7(12(16)14-11-6-10(11)13)8-3-2-4-9(5-8)15(17)18/h2-5,7,10-11H,6,13H2,1H3,(H,14,16). The van der Waals surface area contributed by atoms with Gasteiger partial charge in [-0.2, -0.15) is 0 Å². The maximum Gasteiger partial charge on any atom is 0.269 e. The third-order valence-electron chi connectivity index (χ3n) is 3.14. The molecule has 3 N–H and O–H groups in total. The molecule has 0 saturated heterocycles. The number of hydrogen-bond donors (Lipinski definition) is 2. The zero-order valence-electron chi connectivity index (χ0n) is 10.00. The lowest BCUT2D eigenvalue weighted by atomic mass is 10.00. The van der Waals surface area contributed by atoms with Crippen LogP contribution in [0.1, 0.15) is 24.8 Å². The maximum atomic E-state index is 11.9. The van der Waals surface area contributed by atoms with Crippen LogP contribution in [0.25, 0.3) is 0 Å². The van der Waals surface area contributed by atoms with Crippen LogP contribution in [0.5, 0.6) is 0 Å². The highest BCUT2D eigenvalue weighted by atomic mass is 16.6. The molecule has 1 saturated carbocycles. The summed E-state index contributed by atoms with van der Waals surface area (Å²) in [6.45, 7) is 1.72. The highest BCUT2D eigenvalue weighted by molar-refractivity contribution is 5.84. The van der Waals surface area contributed by atoms with Crippen molar-refractivity contribution >= 4 is 11.6 Å². The van der Waals surface area contributed by atoms with E-state index in [0.29, 0.717) is 5.56 Å². The third kappa shape index (κ3) is 2.65. The first kappa shape index (κ1) is 12.5. The Hall–Kier alpha value is -1.95. The van der Waals surface area contributed by atoms with Gasteiger partial charge in [0.15, 0.2) is 0 Å². The average molecular weight is 249 g/mol. The monoisotopic (exact) mass is 249 g/mol. The van der Waals surface area contributed by atoms with E-state index in [9.17, 15) is 14.9 Å². The number of carbonyl (C=O) groups excluding carboxylic acids is 1. The summed E-state index contributed by atoms with van der Waals surface area (Å²) in [6, 6.07) is 6.23. The Morgan fingerprint density at radius 2 is 2.28 bits per heavy atom. The van der Waals surface area contributed by atoms with Crippen molar-refractivity contribution < 1.29 is 9.72 Å². The predicted octanol–water partition coefficient (Wildman–Crippen LogP) is 0.914. The van der Waals surface area contributed by atoms with Gasteiger partial charge in [0.1, 0.15) is 0 Å². The van der Waals surface area contributed by atoms with Gasteiger partial charge in [-0.25, -0.2) is 0 Å². The molecule has 3 unspecified atom stereocenters. The molecule has 3 atom stereocenters. The van der Waals surface area contributed by atoms with E-state index in [-0.39, 0.29) is 23.7 Å². The van der Waals surface area contributed by atoms with E-state index in [1.807, 2.05) is 0 Å². The van der Waals surface area contributed by atoms with E-state index in [1.165, 1.54) is 12.1 Å². The SMILES string of the molecule is CC(C(=O)NC1CC1N)c1cccc([N+](=O)[O-])c1. The van der Waals surface area contributed by atoms with E-state index in [4.69, 9.17) is 5.73 Å². The fraction of sp³-hybridized carbons (Fsp3) is 0.417. The molecule has 1 aromatic rings. The molecule has 0 spiro atoms. The van der Waals surface area contributed by atoms with Gasteiger partial charge in [-0.05, 0) is 18.9 Å². The van der Waals surface area contributed by atoms with E-state index in [2.05, 4.69) is 5.32 Å². The quantitative estimate of drug-likeness (QED) is 0.612. The molecule has 18 heavy (non-hydrogen) atoms.